The second-order valence-corrected chi connectivity index (χ2v) is 6.87. The number of anilines is 1. The Kier molecular flexibility index (Phi) is 4.95. The van der Waals surface area contributed by atoms with Crippen molar-refractivity contribution in [3.05, 3.63) is 18.3 Å². The maximum atomic E-state index is 12.3. The normalized spacial score (nSPS) is 18.1. The van der Waals surface area contributed by atoms with Gasteiger partial charge in [0.15, 0.2) is 0 Å². The van der Waals surface area contributed by atoms with E-state index in [0.29, 0.717) is 5.82 Å². The smallest absolute Gasteiger partial charge is 0.241 e. The molecular formula is C13H22N4O2S. The summed E-state index contributed by atoms with van der Waals surface area (Å²) in [6, 6.07) is 2.93. The van der Waals surface area contributed by atoms with Crippen molar-refractivity contribution >= 4 is 15.8 Å². The Bertz CT molecular complexity index is 541. The standard InChI is InChI=1S/C13H22N4O2S/c1-11(10-17-7-3-4-8-17)16-20(18,19)12-5-6-15-13(9-12)14-2/h5-6,9,11,16H,3-4,7-8,10H2,1-2H3,(H,14,15). The number of pyridine rings is 1. The lowest BCUT2D eigenvalue weighted by atomic mass is 10.3. The van der Waals surface area contributed by atoms with Crippen molar-refractivity contribution in [3.63, 3.8) is 0 Å². The van der Waals surface area contributed by atoms with Gasteiger partial charge in [0.25, 0.3) is 0 Å². The summed E-state index contributed by atoms with van der Waals surface area (Å²) in [6.45, 7) is 4.77. The van der Waals surface area contributed by atoms with Crippen molar-refractivity contribution < 1.29 is 8.42 Å². The minimum Gasteiger partial charge on any atom is -0.373 e. The van der Waals surface area contributed by atoms with Crippen molar-refractivity contribution in [2.75, 3.05) is 32.0 Å². The Morgan fingerprint density at radius 3 is 2.75 bits per heavy atom. The zero-order valence-corrected chi connectivity index (χ0v) is 12.8. The van der Waals surface area contributed by atoms with Crippen molar-refractivity contribution in [2.45, 2.75) is 30.7 Å². The first-order chi connectivity index (χ1) is 9.51. The van der Waals surface area contributed by atoms with Crippen LogP contribution in [0.3, 0.4) is 0 Å². The van der Waals surface area contributed by atoms with Gasteiger partial charge in [-0.1, -0.05) is 0 Å². The lowest BCUT2D eigenvalue weighted by Crippen LogP contribution is -2.41. The Hall–Kier alpha value is -1.18. The van der Waals surface area contributed by atoms with E-state index in [1.165, 1.54) is 31.2 Å². The van der Waals surface area contributed by atoms with Gasteiger partial charge in [-0.15, -0.1) is 0 Å². The topological polar surface area (TPSA) is 74.3 Å². The first-order valence-electron chi connectivity index (χ1n) is 6.90. The molecule has 0 spiro atoms. The van der Waals surface area contributed by atoms with E-state index < -0.39 is 10.0 Å². The van der Waals surface area contributed by atoms with Gasteiger partial charge in [-0.2, -0.15) is 0 Å². The number of rotatable bonds is 6. The molecule has 1 fully saturated rings. The minimum atomic E-state index is -3.49. The van der Waals surface area contributed by atoms with Crippen LogP contribution in [-0.2, 0) is 10.0 Å². The monoisotopic (exact) mass is 298 g/mol. The van der Waals surface area contributed by atoms with E-state index in [0.717, 1.165) is 19.6 Å². The third-order valence-electron chi connectivity index (χ3n) is 3.38. The summed E-state index contributed by atoms with van der Waals surface area (Å²) in [6.07, 6.45) is 3.90. The van der Waals surface area contributed by atoms with Crippen LogP contribution in [-0.4, -0.2) is 51.0 Å². The predicted octanol–water partition coefficient (Wildman–Crippen LogP) is 0.886. The Labute approximate surface area is 120 Å². The number of nitrogens with zero attached hydrogens (tertiary/aromatic N) is 2. The molecule has 2 N–H and O–H groups in total. The number of hydrogen-bond donors (Lipinski definition) is 2. The molecule has 112 valence electrons. The van der Waals surface area contributed by atoms with E-state index in [-0.39, 0.29) is 10.9 Å². The largest absolute Gasteiger partial charge is 0.373 e. The molecule has 7 heteroatoms. The van der Waals surface area contributed by atoms with Gasteiger partial charge in [0.1, 0.15) is 5.82 Å². The Morgan fingerprint density at radius 2 is 2.10 bits per heavy atom. The molecule has 1 unspecified atom stereocenters. The summed E-state index contributed by atoms with van der Waals surface area (Å²) < 4.78 is 27.3. The van der Waals surface area contributed by atoms with E-state index in [9.17, 15) is 8.42 Å². The Morgan fingerprint density at radius 1 is 1.40 bits per heavy atom. The van der Waals surface area contributed by atoms with E-state index in [4.69, 9.17) is 0 Å². The van der Waals surface area contributed by atoms with Crippen LogP contribution in [0, 0.1) is 0 Å². The lowest BCUT2D eigenvalue weighted by molar-refractivity contribution is 0.313. The van der Waals surface area contributed by atoms with Crippen molar-refractivity contribution in [1.29, 1.82) is 0 Å². The van der Waals surface area contributed by atoms with Gasteiger partial charge in [0.05, 0.1) is 4.90 Å². The summed E-state index contributed by atoms with van der Waals surface area (Å²) in [7, 11) is -1.78. The van der Waals surface area contributed by atoms with Crippen LogP contribution in [0.1, 0.15) is 19.8 Å². The van der Waals surface area contributed by atoms with Gasteiger partial charge in [-0.05, 0) is 38.9 Å². The highest BCUT2D eigenvalue weighted by molar-refractivity contribution is 7.89. The zero-order valence-electron chi connectivity index (χ0n) is 12.0. The molecule has 6 nitrogen and oxygen atoms in total. The van der Waals surface area contributed by atoms with Crippen molar-refractivity contribution in [3.8, 4) is 0 Å². The number of likely N-dealkylation sites (tertiary alicyclic amines) is 1. The summed E-state index contributed by atoms with van der Waals surface area (Å²) >= 11 is 0. The summed E-state index contributed by atoms with van der Waals surface area (Å²) in [5.74, 6) is 0.542. The molecule has 2 rings (SSSR count). The van der Waals surface area contributed by atoms with Gasteiger partial charge >= 0.3 is 0 Å². The van der Waals surface area contributed by atoms with Gasteiger partial charge in [-0.3, -0.25) is 0 Å². The molecule has 0 bridgehead atoms. The highest BCUT2D eigenvalue weighted by atomic mass is 32.2. The second-order valence-electron chi connectivity index (χ2n) is 5.16. The fourth-order valence-electron chi connectivity index (χ4n) is 2.44. The van der Waals surface area contributed by atoms with Gasteiger partial charge in [0, 0.05) is 31.9 Å². The average molecular weight is 298 g/mol. The van der Waals surface area contributed by atoms with Crippen LogP contribution >= 0.6 is 0 Å². The van der Waals surface area contributed by atoms with E-state index in [1.807, 2.05) is 6.92 Å². The first kappa shape index (κ1) is 15.2. The van der Waals surface area contributed by atoms with Crippen LogP contribution < -0.4 is 10.0 Å². The SMILES string of the molecule is CNc1cc(S(=O)(=O)NC(C)CN2CCCC2)ccn1. The molecule has 0 aromatic carbocycles. The number of aromatic nitrogens is 1. The maximum absolute atomic E-state index is 12.3. The van der Waals surface area contributed by atoms with Crippen LogP contribution in [0.15, 0.2) is 23.2 Å². The van der Waals surface area contributed by atoms with E-state index >= 15 is 0 Å². The van der Waals surface area contributed by atoms with Crippen LogP contribution in [0.25, 0.3) is 0 Å². The fourth-order valence-corrected chi connectivity index (χ4v) is 3.68. The number of hydrogen-bond acceptors (Lipinski definition) is 5. The van der Waals surface area contributed by atoms with E-state index in [1.54, 1.807) is 7.05 Å². The van der Waals surface area contributed by atoms with Crippen molar-refractivity contribution in [1.82, 2.24) is 14.6 Å². The van der Waals surface area contributed by atoms with Crippen LogP contribution in [0.4, 0.5) is 5.82 Å². The molecule has 0 aliphatic carbocycles. The van der Waals surface area contributed by atoms with Crippen LogP contribution in [0.5, 0.6) is 0 Å². The molecule has 20 heavy (non-hydrogen) atoms. The van der Waals surface area contributed by atoms with Gasteiger partial charge in [0.2, 0.25) is 10.0 Å². The van der Waals surface area contributed by atoms with Crippen LogP contribution in [0.2, 0.25) is 0 Å². The van der Waals surface area contributed by atoms with Crippen molar-refractivity contribution in [2.24, 2.45) is 0 Å². The Balaban J connectivity index is 2.01. The second kappa shape index (κ2) is 6.51. The molecule has 0 amide bonds. The molecule has 1 atom stereocenters. The molecule has 0 saturated carbocycles. The zero-order chi connectivity index (χ0) is 14.6. The summed E-state index contributed by atoms with van der Waals surface area (Å²) in [4.78, 5) is 6.55. The fraction of sp³-hybridized carbons (Fsp3) is 0.615. The third-order valence-corrected chi connectivity index (χ3v) is 4.97. The third kappa shape index (κ3) is 3.91. The quantitative estimate of drug-likeness (QED) is 0.816. The average Bonchev–Trinajstić information content (AvgIpc) is 2.91. The minimum absolute atomic E-state index is 0.107. The maximum Gasteiger partial charge on any atom is 0.241 e. The number of sulfonamides is 1. The summed E-state index contributed by atoms with van der Waals surface area (Å²) in [5.41, 5.74) is 0. The molecule has 1 aliphatic heterocycles. The van der Waals surface area contributed by atoms with E-state index in [2.05, 4.69) is 19.9 Å². The first-order valence-corrected chi connectivity index (χ1v) is 8.38. The summed E-state index contributed by atoms with van der Waals surface area (Å²) in [5, 5.41) is 2.84. The molecule has 0 radical (unpaired) electrons. The molecule has 1 saturated heterocycles. The molecule has 2 heterocycles. The molecule has 1 aromatic rings. The predicted molar refractivity (Wildman–Crippen MR) is 79.2 cm³/mol. The molecule has 1 aromatic heterocycles. The lowest BCUT2D eigenvalue weighted by Gasteiger charge is -2.21. The molecular weight excluding hydrogens is 276 g/mol. The highest BCUT2D eigenvalue weighted by Crippen LogP contribution is 2.13. The number of nitrogens with one attached hydrogen (secondary N) is 2. The highest BCUT2D eigenvalue weighted by Gasteiger charge is 2.21. The molecule has 1 aliphatic rings. The van der Waals surface area contributed by atoms with Gasteiger partial charge in [-0.25, -0.2) is 18.1 Å². The van der Waals surface area contributed by atoms with Gasteiger partial charge < -0.3 is 10.2 Å².